The van der Waals surface area contributed by atoms with Crippen LogP contribution in [0.15, 0.2) is 72.8 Å². The van der Waals surface area contributed by atoms with E-state index in [1.165, 1.54) is 43.5 Å². The van der Waals surface area contributed by atoms with Crippen molar-refractivity contribution < 1.29 is 23.9 Å². The molecule has 8 nitrogen and oxygen atoms in total. The summed E-state index contributed by atoms with van der Waals surface area (Å²) in [5, 5.41) is 1.37. The Hall–Kier alpha value is -4.17. The molecule has 0 bridgehead atoms. The summed E-state index contributed by atoms with van der Waals surface area (Å²) in [4.78, 5) is 53.7. The van der Waals surface area contributed by atoms with Gasteiger partial charge in [-0.3, -0.25) is 24.6 Å². The monoisotopic (exact) mass is 491 g/mol. The molecule has 0 spiro atoms. The average molecular weight is 492 g/mol. The van der Waals surface area contributed by atoms with Crippen LogP contribution in [0.5, 0.6) is 5.75 Å². The van der Waals surface area contributed by atoms with Crippen LogP contribution < -0.4 is 15.1 Å². The highest BCUT2D eigenvalue weighted by Gasteiger charge is 2.45. The van der Waals surface area contributed by atoms with Crippen LogP contribution in [0, 0.1) is 6.92 Å². The summed E-state index contributed by atoms with van der Waals surface area (Å²) in [6.45, 7) is 1.85. The van der Waals surface area contributed by atoms with Gasteiger partial charge in [-0.2, -0.15) is 0 Å². The number of hydrogen-bond donors (Lipinski definition) is 1. The Morgan fingerprint density at radius 1 is 1.00 bits per heavy atom. The van der Waals surface area contributed by atoms with Gasteiger partial charge in [0.25, 0.3) is 17.7 Å². The summed E-state index contributed by atoms with van der Waals surface area (Å²) in [5.41, 5.74) is 4.24. The molecule has 1 aliphatic heterocycles. The van der Waals surface area contributed by atoms with Gasteiger partial charge in [0.15, 0.2) is 0 Å². The number of halogens is 1. The molecular weight excluding hydrogens is 470 g/mol. The van der Waals surface area contributed by atoms with Gasteiger partial charge in [0.2, 0.25) is 5.91 Å². The lowest BCUT2D eigenvalue weighted by atomic mass is 10.1. The molecule has 1 N–H and O–H groups in total. The minimum atomic E-state index is -1.23. The van der Waals surface area contributed by atoms with Crippen molar-refractivity contribution in [2.24, 2.45) is 0 Å². The van der Waals surface area contributed by atoms with E-state index in [4.69, 9.17) is 16.3 Å². The lowest BCUT2D eigenvalue weighted by molar-refractivity contribution is -0.122. The number of amides is 4. The van der Waals surface area contributed by atoms with Crippen LogP contribution in [0.4, 0.5) is 5.69 Å². The molecule has 35 heavy (non-hydrogen) atoms. The van der Waals surface area contributed by atoms with Gasteiger partial charge in [-0.05, 0) is 73.2 Å². The van der Waals surface area contributed by atoms with Gasteiger partial charge in [0.1, 0.15) is 11.8 Å². The maximum Gasteiger partial charge on any atom is 0.273 e. The molecule has 1 aliphatic rings. The fourth-order valence-electron chi connectivity index (χ4n) is 3.77. The molecule has 178 valence electrons. The third-order valence-electron chi connectivity index (χ3n) is 5.58. The Kier molecular flexibility index (Phi) is 6.84. The Labute approximate surface area is 207 Å². The highest BCUT2D eigenvalue weighted by Crippen LogP contribution is 2.27. The summed E-state index contributed by atoms with van der Waals surface area (Å²) in [5.74, 6) is -1.82. The number of imide groups is 1. The molecule has 0 radical (unpaired) electrons. The van der Waals surface area contributed by atoms with Crippen molar-refractivity contribution >= 4 is 40.9 Å². The first-order valence-electron chi connectivity index (χ1n) is 10.8. The molecule has 1 heterocycles. The molecule has 1 saturated heterocycles. The van der Waals surface area contributed by atoms with Crippen LogP contribution in [0.2, 0.25) is 5.02 Å². The first kappa shape index (κ1) is 24.0. The van der Waals surface area contributed by atoms with Gasteiger partial charge < -0.3 is 4.74 Å². The van der Waals surface area contributed by atoms with E-state index in [0.717, 1.165) is 15.5 Å². The van der Waals surface area contributed by atoms with Crippen molar-refractivity contribution in [3.05, 3.63) is 94.5 Å². The SMILES string of the molecule is COc1ccc(C(=O)N(NC(=O)c2ccc(Cl)cc2)C2CC(=O)N(c3cccc(C)c3)C2=O)cc1. The number of anilines is 1. The highest BCUT2D eigenvalue weighted by molar-refractivity contribution is 6.30. The molecule has 9 heteroatoms. The minimum Gasteiger partial charge on any atom is -0.497 e. The summed E-state index contributed by atoms with van der Waals surface area (Å²) in [7, 11) is 1.50. The van der Waals surface area contributed by atoms with E-state index < -0.39 is 29.7 Å². The number of nitrogens with zero attached hydrogens (tertiary/aromatic N) is 2. The molecule has 0 aromatic heterocycles. The molecule has 4 rings (SSSR count). The van der Waals surface area contributed by atoms with E-state index in [-0.39, 0.29) is 17.5 Å². The second-order valence-electron chi connectivity index (χ2n) is 7.98. The predicted molar refractivity (Wildman–Crippen MR) is 130 cm³/mol. The van der Waals surface area contributed by atoms with Crippen molar-refractivity contribution in [2.45, 2.75) is 19.4 Å². The summed E-state index contributed by atoms with van der Waals surface area (Å²) in [6.07, 6.45) is -0.282. The Morgan fingerprint density at radius 2 is 1.66 bits per heavy atom. The van der Waals surface area contributed by atoms with Crippen molar-refractivity contribution in [1.29, 1.82) is 0 Å². The molecule has 0 saturated carbocycles. The van der Waals surface area contributed by atoms with Gasteiger partial charge in [-0.15, -0.1) is 0 Å². The Balaban J connectivity index is 1.68. The van der Waals surface area contributed by atoms with Crippen LogP contribution in [0.25, 0.3) is 0 Å². The maximum atomic E-state index is 13.5. The number of hydrazine groups is 1. The number of nitrogens with one attached hydrogen (secondary N) is 1. The van der Waals surface area contributed by atoms with Gasteiger partial charge in [0, 0.05) is 16.1 Å². The molecule has 4 amide bonds. The number of rotatable bonds is 5. The van der Waals surface area contributed by atoms with E-state index in [1.807, 2.05) is 13.0 Å². The van der Waals surface area contributed by atoms with Crippen LogP contribution in [-0.4, -0.2) is 41.8 Å². The third-order valence-corrected chi connectivity index (χ3v) is 5.83. The van der Waals surface area contributed by atoms with Gasteiger partial charge in [0.05, 0.1) is 19.2 Å². The van der Waals surface area contributed by atoms with E-state index >= 15 is 0 Å². The molecule has 3 aromatic rings. The lowest BCUT2D eigenvalue weighted by Crippen LogP contribution is -2.54. The van der Waals surface area contributed by atoms with Gasteiger partial charge >= 0.3 is 0 Å². The zero-order chi connectivity index (χ0) is 25.1. The second-order valence-corrected chi connectivity index (χ2v) is 8.41. The number of carbonyl (C=O) groups is 4. The normalized spacial score (nSPS) is 15.2. The summed E-state index contributed by atoms with van der Waals surface area (Å²) in [6, 6.07) is 18.0. The lowest BCUT2D eigenvalue weighted by Gasteiger charge is -2.28. The van der Waals surface area contributed by atoms with Crippen LogP contribution in [-0.2, 0) is 9.59 Å². The van der Waals surface area contributed by atoms with Crippen molar-refractivity contribution in [2.75, 3.05) is 12.0 Å². The average Bonchev–Trinajstić information content (AvgIpc) is 3.15. The smallest absolute Gasteiger partial charge is 0.273 e. The van der Waals surface area contributed by atoms with Gasteiger partial charge in [-0.1, -0.05) is 23.7 Å². The van der Waals surface area contributed by atoms with E-state index in [1.54, 1.807) is 30.3 Å². The van der Waals surface area contributed by atoms with Crippen molar-refractivity contribution in [3.8, 4) is 5.75 Å². The third kappa shape index (κ3) is 5.02. The van der Waals surface area contributed by atoms with E-state index in [0.29, 0.717) is 16.5 Å². The van der Waals surface area contributed by atoms with Crippen molar-refractivity contribution in [1.82, 2.24) is 10.4 Å². The summed E-state index contributed by atoms with van der Waals surface area (Å²) < 4.78 is 5.13. The number of hydrogen-bond acceptors (Lipinski definition) is 5. The molecule has 1 atom stereocenters. The molecule has 3 aromatic carbocycles. The zero-order valence-corrected chi connectivity index (χ0v) is 19.8. The first-order valence-corrected chi connectivity index (χ1v) is 11.1. The standard InChI is InChI=1S/C26H22ClN3O5/c1-16-4-3-5-20(14-16)29-23(31)15-22(26(29)34)30(25(33)18-8-12-21(35-2)13-9-18)28-24(32)17-6-10-19(27)11-7-17/h3-14,22H,15H2,1-2H3,(H,28,32). The zero-order valence-electron chi connectivity index (χ0n) is 19.0. The highest BCUT2D eigenvalue weighted by atomic mass is 35.5. The minimum absolute atomic E-state index is 0.205. The first-order chi connectivity index (χ1) is 16.8. The van der Waals surface area contributed by atoms with Crippen LogP contribution >= 0.6 is 11.6 Å². The predicted octanol–water partition coefficient (Wildman–Crippen LogP) is 3.78. The topological polar surface area (TPSA) is 96.0 Å². The quantitative estimate of drug-likeness (QED) is 0.433. The number of aryl methyl sites for hydroxylation is 1. The van der Waals surface area contributed by atoms with Crippen LogP contribution in [0.3, 0.4) is 0 Å². The van der Waals surface area contributed by atoms with E-state index in [2.05, 4.69) is 5.43 Å². The van der Waals surface area contributed by atoms with Crippen molar-refractivity contribution in [3.63, 3.8) is 0 Å². The van der Waals surface area contributed by atoms with E-state index in [9.17, 15) is 19.2 Å². The number of ether oxygens (including phenoxy) is 1. The second kappa shape index (κ2) is 9.99. The molecule has 1 fully saturated rings. The van der Waals surface area contributed by atoms with Gasteiger partial charge in [-0.25, -0.2) is 9.91 Å². The fraction of sp³-hybridized carbons (Fsp3) is 0.154. The molecular formula is C26H22ClN3O5. The Morgan fingerprint density at radius 3 is 2.29 bits per heavy atom. The number of benzene rings is 3. The van der Waals surface area contributed by atoms with Crippen LogP contribution in [0.1, 0.15) is 32.7 Å². The maximum absolute atomic E-state index is 13.5. The molecule has 1 unspecified atom stereocenters. The largest absolute Gasteiger partial charge is 0.497 e. The number of methoxy groups -OCH3 is 1. The summed E-state index contributed by atoms with van der Waals surface area (Å²) >= 11 is 5.91. The Bertz CT molecular complexity index is 1290. The fourth-order valence-corrected chi connectivity index (χ4v) is 3.90. The number of carbonyl (C=O) groups excluding carboxylic acids is 4. The molecule has 0 aliphatic carbocycles.